The van der Waals surface area contributed by atoms with Crippen LogP contribution in [0.2, 0.25) is 0 Å². The Morgan fingerprint density at radius 3 is 2.67 bits per heavy atom. The van der Waals surface area contributed by atoms with Crippen LogP contribution in [0, 0.1) is 5.82 Å². The number of halogens is 1. The van der Waals surface area contributed by atoms with Crippen LogP contribution < -0.4 is 4.74 Å². The highest BCUT2D eigenvalue weighted by Gasteiger charge is 2.08. The van der Waals surface area contributed by atoms with Gasteiger partial charge in [-0.05, 0) is 0 Å². The first-order valence-electron chi connectivity index (χ1n) is 3.71. The van der Waals surface area contributed by atoms with Crippen LogP contribution in [0.5, 0.6) is 5.88 Å². The van der Waals surface area contributed by atoms with Crippen molar-refractivity contribution in [2.75, 3.05) is 7.11 Å². The Hall–Kier alpha value is -1.19. The van der Waals surface area contributed by atoms with Crippen molar-refractivity contribution < 1.29 is 9.13 Å². The van der Waals surface area contributed by atoms with Gasteiger partial charge in [-0.25, -0.2) is 4.98 Å². The van der Waals surface area contributed by atoms with Gasteiger partial charge in [0.25, 0.3) is 5.88 Å². The minimum absolute atomic E-state index is 0.00806. The van der Waals surface area contributed by atoms with E-state index in [0.717, 1.165) is 6.20 Å². The van der Waals surface area contributed by atoms with E-state index in [1.54, 1.807) is 0 Å². The average molecular weight is 170 g/mol. The highest BCUT2D eigenvalue weighted by Crippen LogP contribution is 2.15. The number of nitrogens with zero attached hydrogens (tertiary/aromatic N) is 2. The number of hydrogen-bond donors (Lipinski definition) is 0. The summed E-state index contributed by atoms with van der Waals surface area (Å²) in [4.78, 5) is 7.70. The monoisotopic (exact) mass is 170 g/mol. The highest BCUT2D eigenvalue weighted by molar-refractivity contribution is 5.12. The first-order valence-corrected chi connectivity index (χ1v) is 3.71. The SMILES string of the molecule is COc1nc(C(C)C)ncc1F. The zero-order chi connectivity index (χ0) is 9.14. The van der Waals surface area contributed by atoms with Crippen LogP contribution in [0.3, 0.4) is 0 Å². The molecule has 12 heavy (non-hydrogen) atoms. The van der Waals surface area contributed by atoms with Gasteiger partial charge < -0.3 is 4.74 Å². The van der Waals surface area contributed by atoms with E-state index in [1.165, 1.54) is 7.11 Å². The van der Waals surface area contributed by atoms with Crippen LogP contribution in [0.15, 0.2) is 6.20 Å². The molecule has 0 aromatic carbocycles. The zero-order valence-electron chi connectivity index (χ0n) is 7.34. The molecule has 0 bridgehead atoms. The van der Waals surface area contributed by atoms with E-state index in [4.69, 9.17) is 4.74 Å². The number of aromatic nitrogens is 2. The molecule has 66 valence electrons. The lowest BCUT2D eigenvalue weighted by Crippen LogP contribution is -2.01. The molecule has 1 rings (SSSR count). The fourth-order valence-electron chi connectivity index (χ4n) is 0.786. The standard InChI is InChI=1S/C8H11FN2O/c1-5(2)7-10-4-6(9)8(11-7)12-3/h4-5H,1-3H3. The number of ether oxygens (including phenoxy) is 1. The van der Waals surface area contributed by atoms with E-state index in [0.29, 0.717) is 5.82 Å². The van der Waals surface area contributed by atoms with Gasteiger partial charge in [-0.1, -0.05) is 13.8 Å². The second-order valence-electron chi connectivity index (χ2n) is 2.74. The summed E-state index contributed by atoms with van der Waals surface area (Å²) in [6.45, 7) is 3.87. The molecule has 0 atom stereocenters. The first-order chi connectivity index (χ1) is 5.65. The Labute approximate surface area is 70.6 Å². The van der Waals surface area contributed by atoms with Crippen molar-refractivity contribution >= 4 is 0 Å². The summed E-state index contributed by atoms with van der Waals surface area (Å²) in [7, 11) is 1.38. The molecule has 0 aliphatic rings. The molecule has 0 spiro atoms. The minimum atomic E-state index is -0.526. The molecule has 0 unspecified atom stereocenters. The third-order valence-corrected chi connectivity index (χ3v) is 1.44. The zero-order valence-corrected chi connectivity index (χ0v) is 7.34. The molecule has 0 saturated heterocycles. The maximum atomic E-state index is 12.8. The molecule has 1 aromatic rings. The Morgan fingerprint density at radius 2 is 2.17 bits per heavy atom. The van der Waals surface area contributed by atoms with Crippen LogP contribution in [0.1, 0.15) is 25.6 Å². The van der Waals surface area contributed by atoms with Crippen LogP contribution in [0.25, 0.3) is 0 Å². The largest absolute Gasteiger partial charge is 0.479 e. The van der Waals surface area contributed by atoms with Gasteiger partial charge in [0, 0.05) is 5.92 Å². The summed E-state index contributed by atoms with van der Waals surface area (Å²) in [6.07, 6.45) is 1.13. The first kappa shape index (κ1) is 8.90. The van der Waals surface area contributed by atoms with Crippen molar-refractivity contribution in [3.05, 3.63) is 17.8 Å². The lowest BCUT2D eigenvalue weighted by atomic mass is 10.2. The molecule has 0 aliphatic heterocycles. The van der Waals surface area contributed by atoms with Crippen molar-refractivity contribution in [2.45, 2.75) is 19.8 Å². The van der Waals surface area contributed by atoms with Gasteiger partial charge in [0.15, 0.2) is 0 Å². The van der Waals surface area contributed by atoms with Gasteiger partial charge in [-0.15, -0.1) is 0 Å². The van der Waals surface area contributed by atoms with Crippen molar-refractivity contribution in [3.63, 3.8) is 0 Å². The van der Waals surface area contributed by atoms with Crippen molar-refractivity contribution in [3.8, 4) is 5.88 Å². The highest BCUT2D eigenvalue weighted by atomic mass is 19.1. The maximum absolute atomic E-state index is 12.8. The second-order valence-corrected chi connectivity index (χ2v) is 2.74. The Morgan fingerprint density at radius 1 is 1.50 bits per heavy atom. The quantitative estimate of drug-likeness (QED) is 0.678. The summed E-state index contributed by atoms with van der Waals surface area (Å²) in [5, 5.41) is 0. The molecule has 3 nitrogen and oxygen atoms in total. The van der Waals surface area contributed by atoms with E-state index < -0.39 is 5.82 Å². The summed E-state index contributed by atoms with van der Waals surface area (Å²) in [5.74, 6) is 0.253. The smallest absolute Gasteiger partial charge is 0.253 e. The summed E-state index contributed by atoms with van der Waals surface area (Å²) in [6, 6.07) is 0. The van der Waals surface area contributed by atoms with Gasteiger partial charge in [-0.2, -0.15) is 9.37 Å². The lowest BCUT2D eigenvalue weighted by molar-refractivity contribution is 0.363. The van der Waals surface area contributed by atoms with Gasteiger partial charge in [-0.3, -0.25) is 0 Å². The fraction of sp³-hybridized carbons (Fsp3) is 0.500. The van der Waals surface area contributed by atoms with Gasteiger partial charge >= 0.3 is 0 Å². The minimum Gasteiger partial charge on any atom is -0.479 e. The maximum Gasteiger partial charge on any atom is 0.253 e. The summed E-state index contributed by atoms with van der Waals surface area (Å²) < 4.78 is 17.5. The molecule has 0 radical (unpaired) electrons. The van der Waals surface area contributed by atoms with E-state index >= 15 is 0 Å². The second kappa shape index (κ2) is 3.47. The Balaban J connectivity index is 3.05. The fourth-order valence-corrected chi connectivity index (χ4v) is 0.786. The molecule has 0 fully saturated rings. The van der Waals surface area contributed by atoms with Crippen LogP contribution in [0.4, 0.5) is 4.39 Å². The van der Waals surface area contributed by atoms with Crippen LogP contribution >= 0.6 is 0 Å². The molecule has 0 saturated carbocycles. The van der Waals surface area contributed by atoms with Crippen LogP contribution in [-0.2, 0) is 0 Å². The molecular weight excluding hydrogens is 159 g/mol. The van der Waals surface area contributed by atoms with E-state index in [-0.39, 0.29) is 11.8 Å². The van der Waals surface area contributed by atoms with E-state index in [9.17, 15) is 4.39 Å². The van der Waals surface area contributed by atoms with Crippen molar-refractivity contribution in [1.82, 2.24) is 9.97 Å². The van der Waals surface area contributed by atoms with Crippen molar-refractivity contribution in [2.24, 2.45) is 0 Å². The molecule has 0 N–H and O–H groups in total. The molecule has 0 aliphatic carbocycles. The number of methoxy groups -OCH3 is 1. The van der Waals surface area contributed by atoms with E-state index in [1.807, 2.05) is 13.8 Å². The Bertz CT molecular complexity index is 276. The predicted molar refractivity (Wildman–Crippen MR) is 42.6 cm³/mol. The predicted octanol–water partition coefficient (Wildman–Crippen LogP) is 1.75. The molecule has 1 heterocycles. The molecular formula is C8H11FN2O. The van der Waals surface area contributed by atoms with E-state index in [2.05, 4.69) is 9.97 Å². The molecule has 0 amide bonds. The van der Waals surface area contributed by atoms with Gasteiger partial charge in [0.1, 0.15) is 5.82 Å². The molecule has 1 aromatic heterocycles. The topological polar surface area (TPSA) is 35.0 Å². The third-order valence-electron chi connectivity index (χ3n) is 1.44. The normalized spacial score (nSPS) is 10.4. The molecule has 4 heteroatoms. The number of rotatable bonds is 2. The Kier molecular flexibility index (Phi) is 2.58. The van der Waals surface area contributed by atoms with Crippen LogP contribution in [-0.4, -0.2) is 17.1 Å². The van der Waals surface area contributed by atoms with Gasteiger partial charge in [0.05, 0.1) is 13.3 Å². The lowest BCUT2D eigenvalue weighted by Gasteiger charge is -2.05. The third kappa shape index (κ3) is 1.69. The summed E-state index contributed by atoms with van der Waals surface area (Å²) >= 11 is 0. The van der Waals surface area contributed by atoms with Crippen molar-refractivity contribution in [1.29, 1.82) is 0 Å². The average Bonchev–Trinajstić information content (AvgIpc) is 2.05. The number of hydrogen-bond acceptors (Lipinski definition) is 3. The van der Waals surface area contributed by atoms with Gasteiger partial charge in [0.2, 0.25) is 5.82 Å². The summed E-state index contributed by atoms with van der Waals surface area (Å²) in [5.41, 5.74) is 0.